The van der Waals surface area contributed by atoms with Crippen LogP contribution in [0.4, 0.5) is 10.1 Å². The van der Waals surface area contributed by atoms with Crippen molar-refractivity contribution >= 4 is 15.7 Å². The number of halogens is 1. The summed E-state index contributed by atoms with van der Waals surface area (Å²) in [6, 6.07) is 6.24. The van der Waals surface area contributed by atoms with Gasteiger partial charge in [-0.1, -0.05) is 0 Å². The van der Waals surface area contributed by atoms with Crippen molar-refractivity contribution in [2.75, 3.05) is 44.2 Å². The van der Waals surface area contributed by atoms with E-state index in [1.807, 2.05) is 6.19 Å². The molecule has 2 saturated heterocycles. The molecular formula is C15H19FN4O2S. The Bertz CT molecular complexity index is 693. The molecule has 0 aromatic heterocycles. The van der Waals surface area contributed by atoms with E-state index in [9.17, 15) is 12.8 Å². The summed E-state index contributed by atoms with van der Waals surface area (Å²) >= 11 is 0. The van der Waals surface area contributed by atoms with Crippen LogP contribution in [0.3, 0.4) is 0 Å². The molecule has 0 spiro atoms. The predicted molar refractivity (Wildman–Crippen MR) is 84.7 cm³/mol. The summed E-state index contributed by atoms with van der Waals surface area (Å²) in [6.45, 7) is 2.80. The molecule has 2 aliphatic rings. The zero-order chi connectivity index (χ0) is 16.4. The molecule has 0 amide bonds. The smallest absolute Gasteiger partial charge is 0.218 e. The van der Waals surface area contributed by atoms with Crippen LogP contribution in [0.15, 0.2) is 24.3 Å². The number of sulfonamides is 1. The number of benzene rings is 1. The third-order valence-corrected chi connectivity index (χ3v) is 6.81. The van der Waals surface area contributed by atoms with Crippen molar-refractivity contribution in [1.82, 2.24) is 9.21 Å². The summed E-state index contributed by atoms with van der Waals surface area (Å²) < 4.78 is 39.8. The normalized spacial score (nSPS) is 23.0. The summed E-state index contributed by atoms with van der Waals surface area (Å²) in [5, 5.41) is 8.39. The second-order valence-electron chi connectivity index (χ2n) is 5.86. The Labute approximate surface area is 135 Å². The van der Waals surface area contributed by atoms with Crippen molar-refractivity contribution in [3.63, 3.8) is 0 Å². The molecule has 2 heterocycles. The molecule has 23 heavy (non-hydrogen) atoms. The average molecular weight is 338 g/mol. The zero-order valence-electron chi connectivity index (χ0n) is 12.7. The van der Waals surface area contributed by atoms with Gasteiger partial charge in [0.1, 0.15) is 5.82 Å². The van der Waals surface area contributed by atoms with Gasteiger partial charge >= 0.3 is 0 Å². The molecular weight excluding hydrogens is 319 g/mol. The average Bonchev–Trinajstić information content (AvgIpc) is 3.06. The number of likely N-dealkylation sites (tertiary alicyclic amines) is 1. The second kappa shape index (κ2) is 6.34. The quantitative estimate of drug-likeness (QED) is 0.764. The Morgan fingerprint density at radius 2 is 1.74 bits per heavy atom. The first kappa shape index (κ1) is 16.0. The van der Waals surface area contributed by atoms with E-state index in [1.165, 1.54) is 21.3 Å². The van der Waals surface area contributed by atoms with E-state index >= 15 is 0 Å². The number of hydrogen-bond donors (Lipinski definition) is 0. The minimum Gasteiger partial charge on any atom is -0.369 e. The lowest BCUT2D eigenvalue weighted by atomic mass is 10.2. The maximum absolute atomic E-state index is 13.0. The minimum atomic E-state index is -3.36. The van der Waals surface area contributed by atoms with Crippen LogP contribution in [0.2, 0.25) is 0 Å². The summed E-state index contributed by atoms with van der Waals surface area (Å²) in [6.07, 6.45) is 2.52. The van der Waals surface area contributed by atoms with E-state index in [1.54, 1.807) is 12.1 Å². The molecule has 1 aromatic rings. The monoisotopic (exact) mass is 338 g/mol. The lowest BCUT2D eigenvalue weighted by Crippen LogP contribution is -2.51. The largest absolute Gasteiger partial charge is 0.369 e. The number of anilines is 1. The Morgan fingerprint density at radius 1 is 1.09 bits per heavy atom. The van der Waals surface area contributed by atoms with Crippen LogP contribution in [0, 0.1) is 17.3 Å². The molecule has 2 fully saturated rings. The van der Waals surface area contributed by atoms with Gasteiger partial charge < -0.3 is 9.80 Å². The van der Waals surface area contributed by atoms with Crippen LogP contribution < -0.4 is 4.90 Å². The molecule has 0 N–H and O–H groups in total. The summed E-state index contributed by atoms with van der Waals surface area (Å²) in [5.74, 6) is -0.279. The van der Waals surface area contributed by atoms with Crippen LogP contribution in [0.1, 0.15) is 6.42 Å². The molecule has 124 valence electrons. The van der Waals surface area contributed by atoms with Crippen molar-refractivity contribution in [1.29, 1.82) is 5.26 Å². The maximum atomic E-state index is 13.0. The van der Waals surface area contributed by atoms with Gasteiger partial charge in [0.25, 0.3) is 0 Å². The van der Waals surface area contributed by atoms with Gasteiger partial charge in [0.05, 0.1) is 5.25 Å². The number of nitriles is 1. The van der Waals surface area contributed by atoms with E-state index in [-0.39, 0.29) is 12.4 Å². The van der Waals surface area contributed by atoms with Crippen LogP contribution >= 0.6 is 0 Å². The topological polar surface area (TPSA) is 67.6 Å². The maximum Gasteiger partial charge on any atom is 0.218 e. The highest BCUT2D eigenvalue weighted by Crippen LogP contribution is 2.23. The van der Waals surface area contributed by atoms with E-state index < -0.39 is 15.3 Å². The lowest BCUT2D eigenvalue weighted by molar-refractivity contribution is 0.378. The van der Waals surface area contributed by atoms with Crippen molar-refractivity contribution in [3.8, 4) is 6.19 Å². The van der Waals surface area contributed by atoms with Gasteiger partial charge in [0.2, 0.25) is 10.0 Å². The van der Waals surface area contributed by atoms with Gasteiger partial charge in [-0.25, -0.2) is 12.8 Å². The van der Waals surface area contributed by atoms with E-state index in [0.717, 1.165) is 5.69 Å². The van der Waals surface area contributed by atoms with Crippen molar-refractivity contribution < 1.29 is 12.8 Å². The van der Waals surface area contributed by atoms with Gasteiger partial charge in [-0.05, 0) is 30.7 Å². The number of nitrogens with zero attached hydrogens (tertiary/aromatic N) is 4. The first-order valence-corrected chi connectivity index (χ1v) is 9.15. The molecule has 0 bridgehead atoms. The molecule has 0 radical (unpaired) electrons. The lowest BCUT2D eigenvalue weighted by Gasteiger charge is -2.36. The molecule has 3 rings (SSSR count). The highest BCUT2D eigenvalue weighted by Gasteiger charge is 2.38. The SMILES string of the molecule is N#CN1CCC(S(=O)(=O)N2CCN(c3ccc(F)cc3)CC2)C1. The Hall–Kier alpha value is -1.85. The van der Waals surface area contributed by atoms with Gasteiger partial charge in [-0.2, -0.15) is 9.57 Å². The third kappa shape index (κ3) is 3.26. The Balaban J connectivity index is 1.62. The van der Waals surface area contributed by atoms with Crippen LogP contribution in [0.5, 0.6) is 0 Å². The van der Waals surface area contributed by atoms with Crippen molar-refractivity contribution in [2.45, 2.75) is 11.7 Å². The number of hydrogen-bond acceptors (Lipinski definition) is 5. The molecule has 0 saturated carbocycles. The molecule has 1 unspecified atom stereocenters. The van der Waals surface area contributed by atoms with Gasteiger partial charge in [0, 0.05) is 45.0 Å². The molecule has 1 atom stereocenters. The molecule has 8 heteroatoms. The first-order chi connectivity index (χ1) is 11.0. The van der Waals surface area contributed by atoms with E-state index in [4.69, 9.17) is 5.26 Å². The van der Waals surface area contributed by atoms with E-state index in [0.29, 0.717) is 39.1 Å². The third-order valence-electron chi connectivity index (χ3n) is 4.50. The molecule has 0 aliphatic carbocycles. The Kier molecular flexibility index (Phi) is 4.41. The van der Waals surface area contributed by atoms with Crippen LogP contribution in [-0.4, -0.2) is 62.1 Å². The van der Waals surface area contributed by atoms with Crippen LogP contribution in [0.25, 0.3) is 0 Å². The number of rotatable bonds is 3. The molecule has 2 aliphatic heterocycles. The van der Waals surface area contributed by atoms with E-state index in [2.05, 4.69) is 4.90 Å². The predicted octanol–water partition coefficient (Wildman–Crippen LogP) is 0.833. The highest BCUT2D eigenvalue weighted by molar-refractivity contribution is 7.89. The summed E-state index contributed by atoms with van der Waals surface area (Å²) in [5.41, 5.74) is 0.903. The van der Waals surface area contributed by atoms with Crippen molar-refractivity contribution in [3.05, 3.63) is 30.1 Å². The standard InChI is InChI=1S/C15H19FN4O2S/c16-13-1-3-14(4-2-13)19-7-9-20(10-8-19)23(21,22)15-5-6-18(11-15)12-17/h1-4,15H,5-11H2. The molecule has 1 aromatic carbocycles. The van der Waals surface area contributed by atoms with Crippen LogP contribution in [-0.2, 0) is 10.0 Å². The van der Waals surface area contributed by atoms with Gasteiger partial charge in [-0.15, -0.1) is 0 Å². The highest BCUT2D eigenvalue weighted by atomic mass is 32.2. The number of piperazine rings is 1. The Morgan fingerprint density at radius 3 is 2.30 bits per heavy atom. The zero-order valence-corrected chi connectivity index (χ0v) is 13.5. The fourth-order valence-corrected chi connectivity index (χ4v) is 4.99. The summed E-state index contributed by atoms with van der Waals surface area (Å²) in [4.78, 5) is 3.55. The fraction of sp³-hybridized carbons (Fsp3) is 0.533. The fourth-order valence-electron chi connectivity index (χ4n) is 3.13. The second-order valence-corrected chi connectivity index (χ2v) is 8.08. The minimum absolute atomic E-state index is 0.279. The summed E-state index contributed by atoms with van der Waals surface area (Å²) in [7, 11) is -3.36. The van der Waals surface area contributed by atoms with Gasteiger partial charge in [0.15, 0.2) is 6.19 Å². The van der Waals surface area contributed by atoms with Gasteiger partial charge in [-0.3, -0.25) is 0 Å². The van der Waals surface area contributed by atoms with Crippen molar-refractivity contribution in [2.24, 2.45) is 0 Å². The molecule has 6 nitrogen and oxygen atoms in total. The first-order valence-electron chi connectivity index (χ1n) is 7.65.